The normalized spacial score (nSPS) is 27.2. The van der Waals surface area contributed by atoms with Gasteiger partial charge < -0.3 is 10.2 Å². The predicted molar refractivity (Wildman–Crippen MR) is 56.0 cm³/mol. The molecule has 1 spiro atoms. The van der Waals surface area contributed by atoms with Crippen molar-refractivity contribution in [3.63, 3.8) is 0 Å². The summed E-state index contributed by atoms with van der Waals surface area (Å²) >= 11 is 0. The number of piperidine rings is 1. The molecule has 1 amide bonds. The van der Waals surface area contributed by atoms with Crippen molar-refractivity contribution in [3.8, 4) is 0 Å². The van der Waals surface area contributed by atoms with Gasteiger partial charge >= 0.3 is 0 Å². The molecular formula is C11H20N2O. The van der Waals surface area contributed by atoms with E-state index in [0.717, 1.165) is 26.1 Å². The van der Waals surface area contributed by atoms with Gasteiger partial charge in [0.15, 0.2) is 0 Å². The molecule has 0 radical (unpaired) electrons. The van der Waals surface area contributed by atoms with Crippen molar-refractivity contribution in [2.24, 2.45) is 5.41 Å². The minimum atomic E-state index is 0.253. The third-order valence-corrected chi connectivity index (χ3v) is 3.79. The van der Waals surface area contributed by atoms with Gasteiger partial charge in [0.05, 0.1) is 0 Å². The predicted octanol–water partition coefficient (Wildman–Crippen LogP) is 0.997. The van der Waals surface area contributed by atoms with Gasteiger partial charge in [-0.1, -0.05) is 0 Å². The van der Waals surface area contributed by atoms with Crippen molar-refractivity contribution in [2.75, 3.05) is 19.6 Å². The van der Waals surface area contributed by atoms with Crippen LogP contribution in [0, 0.1) is 5.41 Å². The number of likely N-dealkylation sites (tertiary alicyclic amines) is 1. The number of rotatable bonds is 1. The molecule has 0 aromatic rings. The van der Waals surface area contributed by atoms with Crippen LogP contribution in [0.1, 0.15) is 33.1 Å². The van der Waals surface area contributed by atoms with Crippen LogP contribution in [0.2, 0.25) is 0 Å². The lowest BCUT2D eigenvalue weighted by Gasteiger charge is -2.40. The Kier molecular flexibility index (Phi) is 2.52. The molecule has 2 heterocycles. The monoisotopic (exact) mass is 196 g/mol. The number of carbonyl (C=O) groups excluding carboxylic acids is 1. The maximum absolute atomic E-state index is 11.2. The quantitative estimate of drug-likeness (QED) is 0.678. The van der Waals surface area contributed by atoms with Crippen LogP contribution in [0.15, 0.2) is 0 Å². The first kappa shape index (κ1) is 9.97. The summed E-state index contributed by atoms with van der Waals surface area (Å²) in [5.74, 6) is 0.253. The molecule has 0 aromatic carbocycles. The average molecular weight is 196 g/mol. The Morgan fingerprint density at radius 1 is 1.36 bits per heavy atom. The maximum Gasteiger partial charge on any atom is 0.220 e. The highest BCUT2D eigenvalue weighted by Gasteiger charge is 2.40. The first-order valence-corrected chi connectivity index (χ1v) is 5.62. The minimum absolute atomic E-state index is 0.253. The van der Waals surface area contributed by atoms with Crippen molar-refractivity contribution in [3.05, 3.63) is 0 Å². The van der Waals surface area contributed by atoms with Crippen LogP contribution in [0.5, 0.6) is 0 Å². The Labute approximate surface area is 85.8 Å². The molecule has 2 aliphatic rings. The summed E-state index contributed by atoms with van der Waals surface area (Å²) in [6, 6.07) is 0.650. The van der Waals surface area contributed by atoms with Gasteiger partial charge in [-0.05, 0) is 45.2 Å². The van der Waals surface area contributed by atoms with Crippen LogP contribution in [0.3, 0.4) is 0 Å². The fourth-order valence-electron chi connectivity index (χ4n) is 2.62. The molecule has 2 saturated heterocycles. The summed E-state index contributed by atoms with van der Waals surface area (Å²) in [6.45, 7) is 7.73. The SMILES string of the molecule is CC(C)N1CCC2(CC1)CNC(=O)C2. The number of hydrogen-bond acceptors (Lipinski definition) is 2. The molecule has 0 aliphatic carbocycles. The van der Waals surface area contributed by atoms with Gasteiger partial charge in [-0.25, -0.2) is 0 Å². The summed E-state index contributed by atoms with van der Waals surface area (Å²) in [6.07, 6.45) is 3.13. The molecule has 2 fully saturated rings. The van der Waals surface area contributed by atoms with Crippen molar-refractivity contribution < 1.29 is 4.79 Å². The molecule has 0 aromatic heterocycles. The fourth-order valence-corrected chi connectivity index (χ4v) is 2.62. The van der Waals surface area contributed by atoms with Gasteiger partial charge in [-0.15, -0.1) is 0 Å². The maximum atomic E-state index is 11.2. The van der Waals surface area contributed by atoms with E-state index in [1.807, 2.05) is 0 Å². The highest BCUT2D eigenvalue weighted by atomic mass is 16.1. The molecule has 3 nitrogen and oxygen atoms in total. The zero-order valence-corrected chi connectivity index (χ0v) is 9.18. The fraction of sp³-hybridized carbons (Fsp3) is 0.909. The highest BCUT2D eigenvalue weighted by Crippen LogP contribution is 2.37. The van der Waals surface area contributed by atoms with Crippen molar-refractivity contribution in [1.29, 1.82) is 0 Å². The molecular weight excluding hydrogens is 176 g/mol. The van der Waals surface area contributed by atoms with E-state index in [1.165, 1.54) is 12.8 Å². The lowest BCUT2D eigenvalue weighted by Crippen LogP contribution is -2.44. The molecule has 0 saturated carbocycles. The Morgan fingerprint density at radius 2 is 2.00 bits per heavy atom. The van der Waals surface area contributed by atoms with Gasteiger partial charge in [0.2, 0.25) is 5.91 Å². The molecule has 1 N–H and O–H groups in total. The smallest absolute Gasteiger partial charge is 0.220 e. The number of nitrogens with one attached hydrogen (secondary N) is 1. The van der Waals surface area contributed by atoms with Crippen LogP contribution in [-0.2, 0) is 4.79 Å². The van der Waals surface area contributed by atoms with Gasteiger partial charge in [0, 0.05) is 19.0 Å². The van der Waals surface area contributed by atoms with Gasteiger partial charge in [-0.2, -0.15) is 0 Å². The van der Waals surface area contributed by atoms with Crippen molar-refractivity contribution >= 4 is 5.91 Å². The van der Waals surface area contributed by atoms with Crippen molar-refractivity contribution in [2.45, 2.75) is 39.2 Å². The highest BCUT2D eigenvalue weighted by molar-refractivity contribution is 5.79. The zero-order valence-electron chi connectivity index (χ0n) is 9.18. The Hall–Kier alpha value is -0.570. The summed E-state index contributed by atoms with van der Waals surface area (Å²) in [4.78, 5) is 13.7. The molecule has 3 heteroatoms. The molecule has 14 heavy (non-hydrogen) atoms. The first-order valence-electron chi connectivity index (χ1n) is 5.62. The number of amides is 1. The van der Waals surface area contributed by atoms with Gasteiger partial charge in [0.25, 0.3) is 0 Å². The summed E-state index contributed by atoms with van der Waals surface area (Å²) < 4.78 is 0. The Bertz CT molecular complexity index is 229. The second-order valence-electron chi connectivity index (χ2n) is 5.08. The molecule has 0 bridgehead atoms. The van der Waals surface area contributed by atoms with E-state index in [9.17, 15) is 4.79 Å². The summed E-state index contributed by atoms with van der Waals surface area (Å²) in [5.41, 5.74) is 0.308. The van der Waals surface area contributed by atoms with E-state index in [-0.39, 0.29) is 5.91 Å². The van der Waals surface area contributed by atoms with Crippen LogP contribution in [0.25, 0.3) is 0 Å². The van der Waals surface area contributed by atoms with E-state index in [2.05, 4.69) is 24.1 Å². The van der Waals surface area contributed by atoms with Crippen LogP contribution >= 0.6 is 0 Å². The molecule has 2 aliphatic heterocycles. The topological polar surface area (TPSA) is 32.3 Å². The summed E-state index contributed by atoms with van der Waals surface area (Å²) in [7, 11) is 0. The Morgan fingerprint density at radius 3 is 2.43 bits per heavy atom. The summed E-state index contributed by atoms with van der Waals surface area (Å²) in [5, 5.41) is 2.97. The Balaban J connectivity index is 1.92. The van der Waals surface area contributed by atoms with E-state index in [0.29, 0.717) is 11.5 Å². The first-order chi connectivity index (χ1) is 6.61. The molecule has 0 atom stereocenters. The van der Waals surface area contributed by atoms with E-state index >= 15 is 0 Å². The standard InChI is InChI=1S/C11H20N2O/c1-9(2)13-5-3-11(4-6-13)7-10(14)12-8-11/h9H,3-8H2,1-2H3,(H,12,14). The second-order valence-corrected chi connectivity index (χ2v) is 5.08. The lowest BCUT2D eigenvalue weighted by molar-refractivity contribution is -0.119. The van der Waals surface area contributed by atoms with Crippen LogP contribution < -0.4 is 5.32 Å². The average Bonchev–Trinajstić information content (AvgIpc) is 2.48. The largest absolute Gasteiger partial charge is 0.356 e. The number of carbonyl (C=O) groups is 1. The van der Waals surface area contributed by atoms with Gasteiger partial charge in [-0.3, -0.25) is 4.79 Å². The second kappa shape index (κ2) is 3.54. The van der Waals surface area contributed by atoms with Crippen LogP contribution in [0.4, 0.5) is 0 Å². The lowest BCUT2D eigenvalue weighted by atomic mass is 9.77. The van der Waals surface area contributed by atoms with Gasteiger partial charge in [0.1, 0.15) is 0 Å². The third kappa shape index (κ3) is 1.78. The van der Waals surface area contributed by atoms with Crippen molar-refractivity contribution in [1.82, 2.24) is 10.2 Å². The number of hydrogen-bond donors (Lipinski definition) is 1. The van der Waals surface area contributed by atoms with E-state index in [1.54, 1.807) is 0 Å². The van der Waals surface area contributed by atoms with E-state index in [4.69, 9.17) is 0 Å². The van der Waals surface area contributed by atoms with E-state index < -0.39 is 0 Å². The molecule has 0 unspecified atom stereocenters. The minimum Gasteiger partial charge on any atom is -0.356 e. The third-order valence-electron chi connectivity index (χ3n) is 3.79. The molecule has 80 valence electrons. The molecule has 2 rings (SSSR count). The van der Waals surface area contributed by atoms with Crippen LogP contribution in [-0.4, -0.2) is 36.5 Å². The number of nitrogens with zero attached hydrogens (tertiary/aromatic N) is 1. The zero-order chi connectivity index (χ0) is 10.2.